The Labute approximate surface area is 142 Å². The molecule has 0 spiro atoms. The van der Waals surface area contributed by atoms with Crippen molar-refractivity contribution in [1.82, 2.24) is 4.98 Å². The fourth-order valence-corrected chi connectivity index (χ4v) is 3.81. The molecule has 0 unspecified atom stereocenters. The minimum atomic E-state index is -3.08. The molecular formula is C18H20N2O3S. The molecule has 0 radical (unpaired) electrons. The number of nitrogens with zero attached hydrogens (tertiary/aromatic N) is 1. The maximum absolute atomic E-state index is 12.4. The molecule has 1 amide bonds. The van der Waals surface area contributed by atoms with Crippen molar-refractivity contribution in [2.75, 3.05) is 11.6 Å². The van der Waals surface area contributed by atoms with Crippen molar-refractivity contribution in [2.24, 2.45) is 0 Å². The van der Waals surface area contributed by atoms with Crippen LogP contribution in [0.15, 0.2) is 36.7 Å². The van der Waals surface area contributed by atoms with Crippen LogP contribution in [-0.4, -0.2) is 25.6 Å². The van der Waals surface area contributed by atoms with Crippen molar-refractivity contribution < 1.29 is 13.2 Å². The summed E-state index contributed by atoms with van der Waals surface area (Å²) in [6, 6.07) is 6.65. The highest BCUT2D eigenvalue weighted by atomic mass is 32.2. The molecule has 0 saturated carbocycles. The molecule has 0 aliphatic heterocycles. The highest BCUT2D eigenvalue weighted by Crippen LogP contribution is 2.27. The SMILES string of the molecule is CS(=O)(=O)Cc1ccc(C(=O)Nc2cncc3c2CCCC3)cc1. The Kier molecular flexibility index (Phi) is 4.66. The highest BCUT2D eigenvalue weighted by molar-refractivity contribution is 7.89. The van der Waals surface area contributed by atoms with Crippen LogP contribution in [0.3, 0.4) is 0 Å². The number of sulfone groups is 1. The second kappa shape index (κ2) is 6.73. The number of nitrogens with one attached hydrogen (secondary N) is 1. The summed E-state index contributed by atoms with van der Waals surface area (Å²) in [5.41, 5.74) is 4.34. The van der Waals surface area contributed by atoms with Crippen molar-refractivity contribution in [3.63, 3.8) is 0 Å². The van der Waals surface area contributed by atoms with Gasteiger partial charge in [-0.25, -0.2) is 8.42 Å². The Morgan fingerprint density at radius 1 is 1.12 bits per heavy atom. The zero-order valence-electron chi connectivity index (χ0n) is 13.6. The average Bonchev–Trinajstić information content (AvgIpc) is 2.54. The number of hydrogen-bond donors (Lipinski definition) is 1. The molecular weight excluding hydrogens is 324 g/mol. The first-order valence-electron chi connectivity index (χ1n) is 7.96. The van der Waals surface area contributed by atoms with Crippen LogP contribution in [0, 0.1) is 0 Å². The van der Waals surface area contributed by atoms with Crippen molar-refractivity contribution in [2.45, 2.75) is 31.4 Å². The number of aromatic nitrogens is 1. The number of carbonyl (C=O) groups excluding carboxylic acids is 1. The number of fused-ring (bicyclic) bond motifs is 1. The van der Waals surface area contributed by atoms with E-state index in [2.05, 4.69) is 10.3 Å². The zero-order chi connectivity index (χ0) is 17.2. The Balaban J connectivity index is 1.76. The summed E-state index contributed by atoms with van der Waals surface area (Å²) < 4.78 is 22.6. The number of benzene rings is 1. The summed E-state index contributed by atoms with van der Waals surface area (Å²) in [4.78, 5) is 16.7. The van der Waals surface area contributed by atoms with Gasteiger partial charge in [0, 0.05) is 18.0 Å². The lowest BCUT2D eigenvalue weighted by atomic mass is 9.92. The van der Waals surface area contributed by atoms with Crippen LogP contribution < -0.4 is 5.32 Å². The monoisotopic (exact) mass is 344 g/mol. The molecule has 2 aromatic rings. The van der Waals surface area contributed by atoms with Crippen LogP contribution in [0.2, 0.25) is 0 Å². The first kappa shape index (κ1) is 16.6. The summed E-state index contributed by atoms with van der Waals surface area (Å²) >= 11 is 0. The van der Waals surface area contributed by atoms with Crippen LogP contribution in [0.4, 0.5) is 5.69 Å². The summed E-state index contributed by atoms with van der Waals surface area (Å²) in [6.45, 7) is 0. The molecule has 24 heavy (non-hydrogen) atoms. The van der Waals surface area contributed by atoms with Gasteiger partial charge in [-0.2, -0.15) is 0 Å². The second-order valence-electron chi connectivity index (χ2n) is 6.25. The highest BCUT2D eigenvalue weighted by Gasteiger charge is 2.16. The fraction of sp³-hybridized carbons (Fsp3) is 0.333. The summed E-state index contributed by atoms with van der Waals surface area (Å²) in [5, 5.41) is 2.93. The van der Waals surface area contributed by atoms with Crippen molar-refractivity contribution in [3.05, 3.63) is 58.9 Å². The predicted octanol–water partition coefficient (Wildman–Crippen LogP) is 2.76. The number of aryl methyl sites for hydroxylation is 1. The van der Waals surface area contributed by atoms with Gasteiger partial charge in [0.2, 0.25) is 0 Å². The van der Waals surface area contributed by atoms with Gasteiger partial charge in [-0.15, -0.1) is 0 Å². The molecule has 1 aromatic carbocycles. The van der Waals surface area contributed by atoms with Gasteiger partial charge in [-0.3, -0.25) is 9.78 Å². The van der Waals surface area contributed by atoms with E-state index < -0.39 is 9.84 Å². The van der Waals surface area contributed by atoms with Crippen LogP contribution >= 0.6 is 0 Å². The summed E-state index contributed by atoms with van der Waals surface area (Å²) in [5.74, 6) is -0.230. The first-order chi connectivity index (χ1) is 11.4. The molecule has 3 rings (SSSR count). The molecule has 1 aliphatic rings. The van der Waals surface area contributed by atoms with Gasteiger partial charge in [-0.05, 0) is 54.5 Å². The Morgan fingerprint density at radius 2 is 1.83 bits per heavy atom. The molecule has 1 aromatic heterocycles. The third-order valence-corrected chi connectivity index (χ3v) is 5.02. The number of carbonyl (C=O) groups is 1. The van der Waals surface area contributed by atoms with Gasteiger partial charge in [0.05, 0.1) is 17.6 Å². The summed E-state index contributed by atoms with van der Waals surface area (Å²) in [6.07, 6.45) is 9.02. The van der Waals surface area contributed by atoms with Gasteiger partial charge in [-0.1, -0.05) is 12.1 Å². The van der Waals surface area contributed by atoms with E-state index in [1.165, 1.54) is 17.4 Å². The zero-order valence-corrected chi connectivity index (χ0v) is 14.4. The van der Waals surface area contributed by atoms with E-state index >= 15 is 0 Å². The molecule has 6 heteroatoms. The van der Waals surface area contributed by atoms with E-state index in [4.69, 9.17) is 0 Å². The van der Waals surface area contributed by atoms with E-state index in [0.717, 1.165) is 31.4 Å². The lowest BCUT2D eigenvalue weighted by Gasteiger charge is -2.19. The van der Waals surface area contributed by atoms with E-state index in [0.29, 0.717) is 11.1 Å². The standard InChI is InChI=1S/C18H20N2O3S/c1-24(22,23)12-13-6-8-14(9-7-13)18(21)20-17-11-19-10-15-4-2-3-5-16(15)17/h6-11H,2-5,12H2,1H3,(H,20,21). The summed E-state index contributed by atoms with van der Waals surface area (Å²) in [7, 11) is -3.08. The largest absolute Gasteiger partial charge is 0.320 e. The Hall–Kier alpha value is -2.21. The molecule has 0 atom stereocenters. The van der Waals surface area contributed by atoms with Gasteiger partial charge >= 0.3 is 0 Å². The molecule has 1 N–H and O–H groups in total. The van der Waals surface area contributed by atoms with Crippen LogP contribution in [0.5, 0.6) is 0 Å². The maximum atomic E-state index is 12.4. The van der Waals surface area contributed by atoms with Crippen LogP contribution in [-0.2, 0) is 28.4 Å². The second-order valence-corrected chi connectivity index (χ2v) is 8.39. The molecule has 126 valence electrons. The minimum Gasteiger partial charge on any atom is -0.320 e. The number of anilines is 1. The average molecular weight is 344 g/mol. The van der Waals surface area contributed by atoms with Crippen LogP contribution in [0.1, 0.15) is 39.9 Å². The van der Waals surface area contributed by atoms with E-state index in [1.54, 1.807) is 30.5 Å². The molecule has 5 nitrogen and oxygen atoms in total. The Bertz CT molecular complexity index is 858. The van der Waals surface area contributed by atoms with E-state index in [9.17, 15) is 13.2 Å². The molecule has 1 aliphatic carbocycles. The van der Waals surface area contributed by atoms with E-state index in [-0.39, 0.29) is 11.7 Å². The van der Waals surface area contributed by atoms with Gasteiger partial charge in [0.15, 0.2) is 9.84 Å². The lowest BCUT2D eigenvalue weighted by Crippen LogP contribution is -2.16. The quantitative estimate of drug-likeness (QED) is 0.925. The van der Waals surface area contributed by atoms with Gasteiger partial charge in [0.25, 0.3) is 5.91 Å². The fourth-order valence-electron chi connectivity index (χ4n) is 3.02. The molecule has 0 saturated heterocycles. The number of rotatable bonds is 4. The van der Waals surface area contributed by atoms with Crippen molar-refractivity contribution >= 4 is 21.4 Å². The van der Waals surface area contributed by atoms with Gasteiger partial charge < -0.3 is 5.32 Å². The minimum absolute atomic E-state index is 0.0228. The van der Waals surface area contributed by atoms with Gasteiger partial charge in [0.1, 0.15) is 0 Å². The predicted molar refractivity (Wildman–Crippen MR) is 93.8 cm³/mol. The number of pyridine rings is 1. The maximum Gasteiger partial charge on any atom is 0.255 e. The Morgan fingerprint density at radius 3 is 2.54 bits per heavy atom. The normalized spacial score (nSPS) is 14.0. The van der Waals surface area contributed by atoms with Crippen molar-refractivity contribution in [1.29, 1.82) is 0 Å². The third kappa shape index (κ3) is 4.00. The lowest BCUT2D eigenvalue weighted by molar-refractivity contribution is 0.102. The number of hydrogen-bond acceptors (Lipinski definition) is 4. The molecule has 0 fully saturated rings. The third-order valence-electron chi connectivity index (χ3n) is 4.16. The van der Waals surface area contributed by atoms with E-state index in [1.807, 2.05) is 6.20 Å². The van der Waals surface area contributed by atoms with Crippen molar-refractivity contribution in [3.8, 4) is 0 Å². The topological polar surface area (TPSA) is 76.1 Å². The first-order valence-corrected chi connectivity index (χ1v) is 10.0. The smallest absolute Gasteiger partial charge is 0.255 e. The molecule has 0 bridgehead atoms. The molecule has 1 heterocycles. The van der Waals surface area contributed by atoms with Crippen LogP contribution in [0.25, 0.3) is 0 Å². The number of amides is 1.